The van der Waals surface area contributed by atoms with Gasteiger partial charge in [-0.25, -0.2) is 0 Å². The average Bonchev–Trinajstić information content (AvgIpc) is 2.85. The normalized spacial score (nSPS) is 21.2. The molecule has 3 heteroatoms. The highest BCUT2D eigenvalue weighted by Gasteiger charge is 2.45. The van der Waals surface area contributed by atoms with Crippen LogP contribution >= 0.6 is 11.8 Å². The van der Waals surface area contributed by atoms with Gasteiger partial charge in [-0.2, -0.15) is 5.26 Å². The van der Waals surface area contributed by atoms with Crippen LogP contribution in [0.4, 0.5) is 5.69 Å². The number of thioether (sulfide) groups is 1. The Morgan fingerprint density at radius 1 is 1.50 bits per heavy atom. The summed E-state index contributed by atoms with van der Waals surface area (Å²) in [4.78, 5) is 1.05. The van der Waals surface area contributed by atoms with Gasteiger partial charge in [0.1, 0.15) is 6.07 Å². The van der Waals surface area contributed by atoms with Crippen molar-refractivity contribution in [3.63, 3.8) is 0 Å². The number of hydrogen-bond acceptors (Lipinski definition) is 3. The molecule has 0 aromatic heterocycles. The van der Waals surface area contributed by atoms with Crippen LogP contribution in [0, 0.1) is 16.7 Å². The molecule has 1 aromatic rings. The number of nitriles is 1. The molecule has 1 saturated carbocycles. The maximum Gasteiger partial charge on any atom is 0.102 e. The molecule has 0 saturated heterocycles. The smallest absolute Gasteiger partial charge is 0.102 e. The van der Waals surface area contributed by atoms with E-state index in [0.717, 1.165) is 16.1 Å². The van der Waals surface area contributed by atoms with E-state index >= 15 is 0 Å². The molecule has 0 heterocycles. The SMILES string of the molecule is CSc1cccc(NC2CC2(C)C)c1C#N. The van der Waals surface area contributed by atoms with Crippen LogP contribution in [0.15, 0.2) is 23.1 Å². The Bertz CT molecular complexity index is 446. The van der Waals surface area contributed by atoms with Crippen molar-refractivity contribution in [2.45, 2.75) is 31.2 Å². The Labute approximate surface area is 101 Å². The van der Waals surface area contributed by atoms with E-state index in [1.165, 1.54) is 6.42 Å². The van der Waals surface area contributed by atoms with Crippen LogP contribution in [0.2, 0.25) is 0 Å². The summed E-state index contributed by atoms with van der Waals surface area (Å²) >= 11 is 1.62. The van der Waals surface area contributed by atoms with E-state index in [-0.39, 0.29) is 0 Å². The lowest BCUT2D eigenvalue weighted by molar-refractivity contribution is 0.630. The predicted octanol–water partition coefficient (Wildman–Crippen LogP) is 3.49. The van der Waals surface area contributed by atoms with Gasteiger partial charge in [-0.1, -0.05) is 19.9 Å². The predicted molar refractivity (Wildman–Crippen MR) is 68.7 cm³/mol. The van der Waals surface area contributed by atoms with Crippen LogP contribution < -0.4 is 5.32 Å². The van der Waals surface area contributed by atoms with Crippen molar-refractivity contribution in [3.05, 3.63) is 23.8 Å². The van der Waals surface area contributed by atoms with E-state index in [4.69, 9.17) is 0 Å². The number of nitrogens with zero attached hydrogens (tertiary/aromatic N) is 1. The molecule has 1 aromatic carbocycles. The number of nitrogens with one attached hydrogen (secondary N) is 1. The summed E-state index contributed by atoms with van der Waals surface area (Å²) in [6.45, 7) is 4.49. The fourth-order valence-corrected chi connectivity index (χ4v) is 2.41. The molecule has 1 atom stereocenters. The molecule has 0 amide bonds. The third kappa shape index (κ3) is 2.03. The van der Waals surface area contributed by atoms with Crippen molar-refractivity contribution in [1.82, 2.24) is 0 Å². The van der Waals surface area contributed by atoms with Gasteiger partial charge in [0.15, 0.2) is 0 Å². The fraction of sp³-hybridized carbons (Fsp3) is 0.462. The van der Waals surface area contributed by atoms with Gasteiger partial charge in [0.25, 0.3) is 0 Å². The fourth-order valence-electron chi connectivity index (χ4n) is 1.84. The van der Waals surface area contributed by atoms with Crippen molar-refractivity contribution in [3.8, 4) is 6.07 Å². The first-order chi connectivity index (χ1) is 7.58. The van der Waals surface area contributed by atoms with E-state index in [0.29, 0.717) is 11.5 Å². The van der Waals surface area contributed by atoms with Gasteiger partial charge < -0.3 is 5.32 Å². The van der Waals surface area contributed by atoms with E-state index in [1.807, 2.05) is 24.5 Å². The second kappa shape index (κ2) is 4.03. The Morgan fingerprint density at radius 2 is 2.19 bits per heavy atom. The zero-order valence-corrected chi connectivity index (χ0v) is 10.7. The van der Waals surface area contributed by atoms with Gasteiger partial charge in [-0.15, -0.1) is 11.8 Å². The van der Waals surface area contributed by atoms with Gasteiger partial charge >= 0.3 is 0 Å². The lowest BCUT2D eigenvalue weighted by Crippen LogP contribution is -2.09. The molecule has 1 fully saturated rings. The standard InChI is InChI=1S/C13H16N2S/c1-13(2)7-12(13)15-10-5-4-6-11(16-3)9(10)8-14/h4-6,12,15H,7H2,1-3H3. The van der Waals surface area contributed by atoms with Crippen LogP contribution in [0.5, 0.6) is 0 Å². The Balaban J connectivity index is 2.25. The first-order valence-electron chi connectivity index (χ1n) is 5.42. The van der Waals surface area contributed by atoms with Gasteiger partial charge in [0, 0.05) is 10.9 Å². The van der Waals surface area contributed by atoms with Gasteiger partial charge in [-0.05, 0) is 30.2 Å². The van der Waals surface area contributed by atoms with Crippen LogP contribution in [0.1, 0.15) is 25.8 Å². The molecule has 84 valence electrons. The lowest BCUT2D eigenvalue weighted by atomic mass is 10.1. The van der Waals surface area contributed by atoms with Crippen LogP contribution in [-0.2, 0) is 0 Å². The summed E-state index contributed by atoms with van der Waals surface area (Å²) in [5.74, 6) is 0. The van der Waals surface area contributed by atoms with Crippen LogP contribution in [0.3, 0.4) is 0 Å². The Kier molecular flexibility index (Phi) is 2.86. The molecule has 1 aliphatic rings. The molecule has 2 rings (SSSR count). The van der Waals surface area contributed by atoms with Crippen LogP contribution in [0.25, 0.3) is 0 Å². The molecule has 0 aliphatic heterocycles. The molecule has 1 unspecified atom stereocenters. The van der Waals surface area contributed by atoms with Gasteiger partial charge in [0.2, 0.25) is 0 Å². The Hall–Kier alpha value is -1.14. The quantitative estimate of drug-likeness (QED) is 0.810. The number of hydrogen-bond donors (Lipinski definition) is 1. The molecule has 0 radical (unpaired) electrons. The summed E-state index contributed by atoms with van der Waals surface area (Å²) in [5, 5.41) is 12.7. The molecule has 0 spiro atoms. The molecular weight excluding hydrogens is 216 g/mol. The molecule has 1 N–H and O–H groups in total. The molecular formula is C13H16N2S. The zero-order valence-electron chi connectivity index (χ0n) is 9.87. The minimum absolute atomic E-state index is 0.377. The highest BCUT2D eigenvalue weighted by Crippen LogP contribution is 2.47. The summed E-state index contributed by atoms with van der Waals surface area (Å²) < 4.78 is 0. The molecule has 2 nitrogen and oxygen atoms in total. The molecule has 0 bridgehead atoms. The minimum Gasteiger partial charge on any atom is -0.381 e. The monoisotopic (exact) mass is 232 g/mol. The van der Waals surface area contributed by atoms with Crippen LogP contribution in [-0.4, -0.2) is 12.3 Å². The van der Waals surface area contributed by atoms with E-state index < -0.39 is 0 Å². The van der Waals surface area contributed by atoms with Gasteiger partial charge in [0.05, 0.1) is 11.3 Å². The van der Waals surface area contributed by atoms with Crippen molar-refractivity contribution in [1.29, 1.82) is 5.26 Å². The van der Waals surface area contributed by atoms with Crippen molar-refractivity contribution in [2.75, 3.05) is 11.6 Å². The van der Waals surface area contributed by atoms with Crippen molar-refractivity contribution in [2.24, 2.45) is 5.41 Å². The third-order valence-electron chi connectivity index (χ3n) is 3.20. The summed E-state index contributed by atoms with van der Waals surface area (Å²) in [7, 11) is 0. The highest BCUT2D eigenvalue weighted by atomic mass is 32.2. The minimum atomic E-state index is 0.377. The summed E-state index contributed by atoms with van der Waals surface area (Å²) in [6.07, 6.45) is 3.18. The number of rotatable bonds is 3. The van der Waals surface area contributed by atoms with E-state index in [1.54, 1.807) is 11.8 Å². The van der Waals surface area contributed by atoms with E-state index in [9.17, 15) is 5.26 Å². The second-order valence-electron chi connectivity index (χ2n) is 4.88. The highest BCUT2D eigenvalue weighted by molar-refractivity contribution is 7.98. The van der Waals surface area contributed by atoms with Crippen molar-refractivity contribution < 1.29 is 0 Å². The zero-order chi connectivity index (χ0) is 11.8. The first-order valence-corrected chi connectivity index (χ1v) is 6.64. The summed E-state index contributed by atoms with van der Waals surface area (Å²) in [6, 6.07) is 8.79. The molecule has 1 aliphatic carbocycles. The lowest BCUT2D eigenvalue weighted by Gasteiger charge is -2.11. The van der Waals surface area contributed by atoms with Crippen molar-refractivity contribution >= 4 is 17.4 Å². The largest absolute Gasteiger partial charge is 0.381 e. The first kappa shape index (κ1) is 11.3. The van der Waals surface area contributed by atoms with E-state index in [2.05, 4.69) is 25.2 Å². The number of anilines is 1. The maximum absolute atomic E-state index is 9.19. The average molecular weight is 232 g/mol. The second-order valence-corrected chi connectivity index (χ2v) is 5.73. The van der Waals surface area contributed by atoms with Gasteiger partial charge in [-0.3, -0.25) is 0 Å². The Morgan fingerprint density at radius 3 is 2.69 bits per heavy atom. The third-order valence-corrected chi connectivity index (χ3v) is 3.98. The number of benzene rings is 1. The topological polar surface area (TPSA) is 35.8 Å². The molecule has 16 heavy (non-hydrogen) atoms. The maximum atomic E-state index is 9.19. The summed E-state index contributed by atoms with van der Waals surface area (Å²) in [5.41, 5.74) is 2.13.